The predicted molar refractivity (Wildman–Crippen MR) is 58.9 cm³/mol. The molecule has 0 amide bonds. The van der Waals surface area contributed by atoms with Gasteiger partial charge in [-0.25, -0.2) is 0 Å². The van der Waals surface area contributed by atoms with Gasteiger partial charge in [-0.05, 0) is 19.3 Å². The van der Waals surface area contributed by atoms with Crippen LogP contribution in [0.2, 0.25) is 0 Å². The van der Waals surface area contributed by atoms with Crippen LogP contribution >= 0.6 is 0 Å². The third-order valence-corrected chi connectivity index (χ3v) is 2.25. The first-order valence-corrected chi connectivity index (χ1v) is 5.42. The van der Waals surface area contributed by atoms with Crippen molar-refractivity contribution in [3.05, 3.63) is 12.2 Å². The quantitative estimate of drug-likeness (QED) is 0.521. The molecule has 0 aliphatic carbocycles. The van der Waals surface area contributed by atoms with E-state index < -0.39 is 0 Å². The minimum atomic E-state index is 0.725. The number of hydrogen-bond acceptors (Lipinski definition) is 1. The van der Waals surface area contributed by atoms with E-state index >= 15 is 0 Å². The SMILES string of the molecule is C=C(C)COCC(CC)CCCC. The fraction of sp³-hybridized carbons (Fsp3) is 0.833. The monoisotopic (exact) mass is 184 g/mol. The number of unbranched alkanes of at least 4 members (excludes halogenated alkanes) is 1. The summed E-state index contributed by atoms with van der Waals surface area (Å²) in [5.74, 6) is 0.749. The Morgan fingerprint density at radius 1 is 1.38 bits per heavy atom. The average Bonchev–Trinajstić information content (AvgIpc) is 2.10. The first kappa shape index (κ1) is 12.7. The van der Waals surface area contributed by atoms with Crippen molar-refractivity contribution < 1.29 is 4.74 Å². The molecule has 0 fully saturated rings. The molecule has 0 aromatic carbocycles. The van der Waals surface area contributed by atoms with E-state index in [4.69, 9.17) is 4.74 Å². The van der Waals surface area contributed by atoms with Gasteiger partial charge in [0, 0.05) is 6.61 Å². The number of rotatable bonds is 8. The summed E-state index contributed by atoms with van der Waals surface area (Å²) in [4.78, 5) is 0. The van der Waals surface area contributed by atoms with E-state index in [1.165, 1.54) is 25.7 Å². The Morgan fingerprint density at radius 2 is 2.08 bits per heavy atom. The molecule has 0 aromatic rings. The molecule has 0 N–H and O–H groups in total. The van der Waals surface area contributed by atoms with Gasteiger partial charge in [-0.2, -0.15) is 0 Å². The molecule has 1 nitrogen and oxygen atoms in total. The van der Waals surface area contributed by atoms with Gasteiger partial charge in [-0.3, -0.25) is 0 Å². The second-order valence-corrected chi connectivity index (χ2v) is 3.89. The largest absolute Gasteiger partial charge is 0.377 e. The highest BCUT2D eigenvalue weighted by Gasteiger charge is 2.05. The highest BCUT2D eigenvalue weighted by molar-refractivity contribution is 4.87. The second-order valence-electron chi connectivity index (χ2n) is 3.89. The van der Waals surface area contributed by atoms with Crippen LogP contribution in [0.3, 0.4) is 0 Å². The molecule has 0 aliphatic heterocycles. The topological polar surface area (TPSA) is 9.23 Å². The van der Waals surface area contributed by atoms with Crippen LogP contribution in [-0.2, 0) is 4.74 Å². The fourth-order valence-corrected chi connectivity index (χ4v) is 1.30. The Morgan fingerprint density at radius 3 is 2.54 bits per heavy atom. The third kappa shape index (κ3) is 8.04. The van der Waals surface area contributed by atoms with Crippen molar-refractivity contribution in [1.29, 1.82) is 0 Å². The van der Waals surface area contributed by atoms with Crippen LogP contribution in [0.15, 0.2) is 12.2 Å². The molecule has 1 unspecified atom stereocenters. The van der Waals surface area contributed by atoms with E-state index in [9.17, 15) is 0 Å². The molecule has 0 heterocycles. The Labute approximate surface area is 83.2 Å². The molecule has 0 aliphatic rings. The van der Waals surface area contributed by atoms with E-state index in [0.29, 0.717) is 0 Å². The van der Waals surface area contributed by atoms with Crippen LogP contribution in [0.5, 0.6) is 0 Å². The van der Waals surface area contributed by atoms with Gasteiger partial charge in [0.15, 0.2) is 0 Å². The van der Waals surface area contributed by atoms with Gasteiger partial charge in [0.25, 0.3) is 0 Å². The van der Waals surface area contributed by atoms with Crippen molar-refractivity contribution in [3.63, 3.8) is 0 Å². The smallest absolute Gasteiger partial charge is 0.0671 e. The van der Waals surface area contributed by atoms with Crippen LogP contribution in [0, 0.1) is 5.92 Å². The van der Waals surface area contributed by atoms with Crippen molar-refractivity contribution in [2.75, 3.05) is 13.2 Å². The lowest BCUT2D eigenvalue weighted by Gasteiger charge is -2.14. The molecule has 0 spiro atoms. The van der Waals surface area contributed by atoms with Gasteiger partial charge in [0.05, 0.1) is 6.61 Å². The fourth-order valence-electron chi connectivity index (χ4n) is 1.30. The summed E-state index contributed by atoms with van der Waals surface area (Å²) < 4.78 is 5.55. The molecule has 0 radical (unpaired) electrons. The van der Waals surface area contributed by atoms with Crippen molar-refractivity contribution in [2.24, 2.45) is 5.92 Å². The summed E-state index contributed by atoms with van der Waals surface area (Å²) in [6, 6.07) is 0. The highest BCUT2D eigenvalue weighted by atomic mass is 16.5. The first-order valence-electron chi connectivity index (χ1n) is 5.42. The normalized spacial score (nSPS) is 12.8. The van der Waals surface area contributed by atoms with Crippen LogP contribution in [-0.4, -0.2) is 13.2 Å². The van der Waals surface area contributed by atoms with Gasteiger partial charge in [0.1, 0.15) is 0 Å². The van der Waals surface area contributed by atoms with Gasteiger partial charge < -0.3 is 4.74 Å². The standard InChI is InChI=1S/C12H24O/c1-5-7-8-12(6-2)10-13-9-11(3)4/h12H,3,5-10H2,1-2,4H3. The summed E-state index contributed by atoms with van der Waals surface area (Å²) in [7, 11) is 0. The average molecular weight is 184 g/mol. The van der Waals surface area contributed by atoms with Crippen molar-refractivity contribution >= 4 is 0 Å². The van der Waals surface area contributed by atoms with Crippen LogP contribution < -0.4 is 0 Å². The van der Waals surface area contributed by atoms with E-state index in [0.717, 1.165) is 24.7 Å². The van der Waals surface area contributed by atoms with Crippen LogP contribution in [0.1, 0.15) is 46.5 Å². The molecular formula is C12H24O. The molecule has 0 rings (SSSR count). The van der Waals surface area contributed by atoms with Crippen molar-refractivity contribution in [1.82, 2.24) is 0 Å². The molecule has 78 valence electrons. The molecular weight excluding hydrogens is 160 g/mol. The van der Waals surface area contributed by atoms with Crippen molar-refractivity contribution in [3.8, 4) is 0 Å². The number of ether oxygens (including phenoxy) is 1. The highest BCUT2D eigenvalue weighted by Crippen LogP contribution is 2.12. The van der Waals surface area contributed by atoms with Crippen molar-refractivity contribution in [2.45, 2.75) is 46.5 Å². The molecule has 1 atom stereocenters. The maximum absolute atomic E-state index is 5.55. The first-order chi connectivity index (χ1) is 6.20. The minimum Gasteiger partial charge on any atom is -0.377 e. The zero-order valence-electron chi connectivity index (χ0n) is 9.44. The van der Waals surface area contributed by atoms with Crippen LogP contribution in [0.4, 0.5) is 0 Å². The molecule has 0 saturated heterocycles. The summed E-state index contributed by atoms with van der Waals surface area (Å²) in [6.07, 6.45) is 5.16. The lowest BCUT2D eigenvalue weighted by molar-refractivity contribution is 0.111. The lowest BCUT2D eigenvalue weighted by Crippen LogP contribution is -2.09. The predicted octanol–water partition coefficient (Wildman–Crippen LogP) is 3.80. The zero-order chi connectivity index (χ0) is 10.1. The minimum absolute atomic E-state index is 0.725. The summed E-state index contributed by atoms with van der Waals surface area (Å²) >= 11 is 0. The van der Waals surface area contributed by atoms with Gasteiger partial charge in [-0.15, -0.1) is 0 Å². The van der Waals surface area contributed by atoms with Crippen LogP contribution in [0.25, 0.3) is 0 Å². The summed E-state index contributed by atoms with van der Waals surface area (Å²) in [5, 5.41) is 0. The maximum Gasteiger partial charge on any atom is 0.0671 e. The van der Waals surface area contributed by atoms with E-state index in [1.54, 1.807) is 0 Å². The zero-order valence-corrected chi connectivity index (χ0v) is 9.44. The van der Waals surface area contributed by atoms with E-state index in [2.05, 4.69) is 20.4 Å². The maximum atomic E-state index is 5.55. The molecule has 1 heteroatoms. The van der Waals surface area contributed by atoms with Gasteiger partial charge in [0.2, 0.25) is 0 Å². The lowest BCUT2D eigenvalue weighted by atomic mass is 10.0. The van der Waals surface area contributed by atoms with E-state index in [1.807, 2.05) is 6.92 Å². The second kappa shape index (κ2) is 8.31. The summed E-state index contributed by atoms with van der Waals surface area (Å²) in [5.41, 5.74) is 1.12. The Bertz CT molecular complexity index is 129. The molecule has 0 aromatic heterocycles. The Kier molecular flexibility index (Phi) is 8.11. The molecule has 0 saturated carbocycles. The Balaban J connectivity index is 3.41. The van der Waals surface area contributed by atoms with E-state index in [-0.39, 0.29) is 0 Å². The Hall–Kier alpha value is -0.300. The van der Waals surface area contributed by atoms with Gasteiger partial charge >= 0.3 is 0 Å². The van der Waals surface area contributed by atoms with Gasteiger partial charge in [-0.1, -0.05) is 45.3 Å². The third-order valence-electron chi connectivity index (χ3n) is 2.25. The molecule has 13 heavy (non-hydrogen) atoms. The molecule has 0 bridgehead atoms. The summed E-state index contributed by atoms with van der Waals surface area (Å²) in [6.45, 7) is 11.9. The number of hydrogen-bond donors (Lipinski definition) is 0.